The van der Waals surface area contributed by atoms with Gasteiger partial charge >= 0.3 is 13.9 Å². The number of nitrogens with zero attached hydrogens (tertiary/aromatic N) is 3. The number of benzene rings is 2. The molecule has 0 aliphatic carbocycles. The van der Waals surface area contributed by atoms with E-state index in [0.29, 0.717) is 26.9 Å². The first kappa shape index (κ1) is 41.1. The lowest BCUT2D eigenvalue weighted by Crippen LogP contribution is -2.44. The van der Waals surface area contributed by atoms with Crippen molar-refractivity contribution in [2.45, 2.75) is 105 Å². The van der Waals surface area contributed by atoms with Crippen LogP contribution in [-0.4, -0.2) is 58.5 Å². The maximum Gasteiger partial charge on any atom is 0.475 e. The van der Waals surface area contributed by atoms with Crippen LogP contribution in [0.15, 0.2) is 30.3 Å². The summed E-state index contributed by atoms with van der Waals surface area (Å²) in [6.45, 7) is 18.2. The fourth-order valence-electron chi connectivity index (χ4n) is 4.08. The van der Waals surface area contributed by atoms with E-state index in [1.807, 2.05) is 13.8 Å². The molecule has 0 saturated carbocycles. The third kappa shape index (κ3) is 13.1. The molecule has 1 aromatic heterocycles. The lowest BCUT2D eigenvalue weighted by atomic mass is 10.1. The molecule has 1 atom stereocenters. The molecular formula is C34H45ClFN4O8PS. The number of carbonyl (C=O) groups excluding carboxylic acids is 1. The summed E-state index contributed by atoms with van der Waals surface area (Å²) in [5, 5.41) is 21.6. The Kier molecular flexibility index (Phi) is 13.5. The molecule has 0 bridgehead atoms. The van der Waals surface area contributed by atoms with Gasteiger partial charge in [-0.15, -0.1) is 10.2 Å². The third-order valence-corrected chi connectivity index (χ3v) is 9.08. The van der Waals surface area contributed by atoms with Crippen LogP contribution in [-0.2, 0) is 22.9 Å². The molecule has 1 heterocycles. The fraction of sp³-hybridized carbons (Fsp3) is 0.529. The van der Waals surface area contributed by atoms with E-state index >= 15 is 4.39 Å². The Morgan fingerprint density at radius 1 is 0.960 bits per heavy atom. The molecule has 0 saturated heterocycles. The number of rotatable bonds is 13. The minimum atomic E-state index is -4.16. The highest BCUT2D eigenvalue weighted by atomic mass is 35.5. The van der Waals surface area contributed by atoms with Crippen LogP contribution in [0.2, 0.25) is 5.02 Å². The van der Waals surface area contributed by atoms with E-state index in [2.05, 4.69) is 21.6 Å². The SMILES string of the molecule is CC(C)Oc1ccc(-c2nnc(-c3cc(F)c(OC[C@@H](COP(=O)(OC(C)(C)C)OC(C)(C)C)NC(=O)OC(C)(C)C)cc3Cl)s2)cc1C#N. The van der Waals surface area contributed by atoms with Gasteiger partial charge in [0.05, 0.1) is 40.5 Å². The number of carbonyl (C=O) groups is 1. The standard InChI is InChI=1S/C34H45ClFN4O8PS/c1-20(2)45-27-13-12-21(14-22(27)17-37)29-39-40-30(50-29)24-15-26(36)28(16-25(24)35)43-18-23(38-31(41)46-32(3,4)5)19-44-49(42,47-33(6,7)8)48-34(9,10)11/h12-16,20,23H,18-19H2,1-11H3,(H,38,41)/t23-/m0/s1. The topological polar surface area (TPSA) is 151 Å². The monoisotopic (exact) mass is 754 g/mol. The zero-order valence-electron chi connectivity index (χ0n) is 30.2. The lowest BCUT2D eigenvalue weighted by molar-refractivity contribution is -0.00235. The largest absolute Gasteiger partial charge is 0.490 e. The van der Waals surface area contributed by atoms with Gasteiger partial charge in [0.1, 0.15) is 34.0 Å². The van der Waals surface area contributed by atoms with E-state index < -0.39 is 49.2 Å². The maximum absolute atomic E-state index is 15.5. The first-order valence-electron chi connectivity index (χ1n) is 15.8. The van der Waals surface area contributed by atoms with Gasteiger partial charge < -0.3 is 19.5 Å². The number of phosphoric acid groups is 1. The van der Waals surface area contributed by atoms with Gasteiger partial charge in [-0.3, -0.25) is 13.6 Å². The summed E-state index contributed by atoms with van der Waals surface area (Å²) in [5.41, 5.74) is -1.36. The summed E-state index contributed by atoms with van der Waals surface area (Å²) in [4.78, 5) is 12.7. The molecule has 1 amide bonds. The Bertz CT molecular complexity index is 1720. The van der Waals surface area contributed by atoms with E-state index in [1.165, 1.54) is 6.07 Å². The van der Waals surface area contributed by atoms with Gasteiger partial charge in [-0.1, -0.05) is 22.9 Å². The highest BCUT2D eigenvalue weighted by molar-refractivity contribution is 7.48. The van der Waals surface area contributed by atoms with Gasteiger partial charge in [-0.05, 0) is 100 Å². The van der Waals surface area contributed by atoms with E-state index in [-0.39, 0.29) is 29.0 Å². The molecule has 274 valence electrons. The number of hydrogen-bond acceptors (Lipinski definition) is 12. The molecule has 2 aromatic carbocycles. The Morgan fingerprint density at radius 3 is 2.14 bits per heavy atom. The molecule has 3 rings (SSSR count). The molecule has 0 unspecified atom stereocenters. The van der Waals surface area contributed by atoms with Crippen molar-refractivity contribution in [2.24, 2.45) is 0 Å². The number of nitriles is 1. The average Bonchev–Trinajstić information content (AvgIpc) is 3.43. The van der Waals surface area contributed by atoms with Crippen LogP contribution in [0.4, 0.5) is 9.18 Å². The van der Waals surface area contributed by atoms with Crippen molar-refractivity contribution in [3.05, 3.63) is 46.7 Å². The molecule has 3 aromatic rings. The zero-order valence-corrected chi connectivity index (χ0v) is 32.6. The molecule has 0 aliphatic heterocycles. The van der Waals surface area contributed by atoms with Gasteiger partial charge in [-0.25, -0.2) is 13.8 Å². The number of phosphoric ester groups is 1. The van der Waals surface area contributed by atoms with Gasteiger partial charge in [0, 0.05) is 17.2 Å². The van der Waals surface area contributed by atoms with Crippen LogP contribution >= 0.6 is 30.8 Å². The van der Waals surface area contributed by atoms with Crippen molar-refractivity contribution in [3.8, 4) is 38.7 Å². The number of nitrogens with one attached hydrogen (secondary N) is 1. The van der Waals surface area contributed by atoms with Crippen molar-refractivity contribution in [1.82, 2.24) is 15.5 Å². The van der Waals surface area contributed by atoms with Crippen molar-refractivity contribution < 1.29 is 41.5 Å². The lowest BCUT2D eigenvalue weighted by Gasteiger charge is -2.32. The van der Waals surface area contributed by atoms with E-state index in [4.69, 9.17) is 39.4 Å². The first-order chi connectivity index (χ1) is 23.0. The summed E-state index contributed by atoms with van der Waals surface area (Å²) in [6, 6.07) is 8.68. The van der Waals surface area contributed by atoms with Crippen LogP contribution < -0.4 is 14.8 Å². The Morgan fingerprint density at radius 2 is 1.58 bits per heavy atom. The highest BCUT2D eigenvalue weighted by Crippen LogP contribution is 2.55. The second-order valence-corrected chi connectivity index (χ2v) is 17.4. The van der Waals surface area contributed by atoms with Crippen LogP contribution in [0.1, 0.15) is 81.7 Å². The van der Waals surface area contributed by atoms with Gasteiger partial charge in [0.25, 0.3) is 0 Å². The summed E-state index contributed by atoms with van der Waals surface area (Å²) >= 11 is 7.73. The van der Waals surface area contributed by atoms with Crippen molar-refractivity contribution in [2.75, 3.05) is 13.2 Å². The predicted octanol–water partition coefficient (Wildman–Crippen LogP) is 9.35. The van der Waals surface area contributed by atoms with E-state index in [0.717, 1.165) is 17.4 Å². The Hall–Kier alpha value is -3.31. The normalized spacial score (nSPS) is 13.1. The number of aromatic nitrogens is 2. The molecule has 0 aliphatic rings. The van der Waals surface area contributed by atoms with Crippen molar-refractivity contribution >= 4 is 36.9 Å². The average molecular weight is 755 g/mol. The number of hydrogen-bond donors (Lipinski definition) is 1. The second-order valence-electron chi connectivity index (χ2n) is 14.5. The molecule has 50 heavy (non-hydrogen) atoms. The highest BCUT2D eigenvalue weighted by Gasteiger charge is 2.38. The maximum atomic E-state index is 15.5. The van der Waals surface area contributed by atoms with Crippen LogP contribution in [0.25, 0.3) is 21.1 Å². The van der Waals surface area contributed by atoms with Gasteiger partial charge in [-0.2, -0.15) is 5.26 Å². The number of ether oxygens (including phenoxy) is 3. The quantitative estimate of drug-likeness (QED) is 0.166. The Balaban J connectivity index is 1.83. The zero-order chi connectivity index (χ0) is 37.7. The summed E-state index contributed by atoms with van der Waals surface area (Å²) < 4.78 is 62.9. The Labute approximate surface area is 302 Å². The molecule has 16 heteroatoms. The number of alkyl carbamates (subject to hydrolysis) is 1. The molecule has 0 fully saturated rings. The summed E-state index contributed by atoms with van der Waals surface area (Å²) in [6.07, 6.45) is -0.909. The minimum Gasteiger partial charge on any atom is -0.490 e. The number of amides is 1. The predicted molar refractivity (Wildman–Crippen MR) is 190 cm³/mol. The van der Waals surface area contributed by atoms with Crippen LogP contribution in [0, 0.1) is 17.1 Å². The third-order valence-electron chi connectivity index (χ3n) is 5.75. The van der Waals surface area contributed by atoms with Crippen LogP contribution in [0.5, 0.6) is 11.5 Å². The van der Waals surface area contributed by atoms with E-state index in [1.54, 1.807) is 80.5 Å². The molecule has 0 spiro atoms. The second kappa shape index (κ2) is 16.4. The van der Waals surface area contributed by atoms with Gasteiger partial charge in [0.2, 0.25) is 0 Å². The summed E-state index contributed by atoms with van der Waals surface area (Å²) in [5.74, 6) is -0.533. The minimum absolute atomic E-state index is 0.106. The molecule has 12 nitrogen and oxygen atoms in total. The fourth-order valence-corrected chi connectivity index (χ4v) is 7.09. The van der Waals surface area contributed by atoms with Crippen molar-refractivity contribution in [3.63, 3.8) is 0 Å². The molecular weight excluding hydrogens is 710 g/mol. The first-order valence-corrected chi connectivity index (χ1v) is 18.4. The van der Waals surface area contributed by atoms with Gasteiger partial charge in [0.15, 0.2) is 11.6 Å². The number of halogens is 2. The summed E-state index contributed by atoms with van der Waals surface area (Å²) in [7, 11) is -4.16. The molecule has 0 radical (unpaired) electrons. The smallest absolute Gasteiger partial charge is 0.475 e. The van der Waals surface area contributed by atoms with E-state index in [9.17, 15) is 14.6 Å². The van der Waals surface area contributed by atoms with Crippen LogP contribution in [0.3, 0.4) is 0 Å². The molecule has 1 N–H and O–H groups in total. The van der Waals surface area contributed by atoms with Crippen molar-refractivity contribution in [1.29, 1.82) is 5.26 Å².